The number of carboxylic acid groups (broad SMARTS) is 1. The highest BCUT2D eigenvalue weighted by Crippen LogP contribution is 2.20. The molecule has 1 saturated heterocycles. The van der Waals surface area contributed by atoms with Gasteiger partial charge in [-0.25, -0.2) is 4.79 Å². The largest absolute Gasteiger partial charge is 0.508 e. The molecule has 17 nitrogen and oxygen atoms in total. The number of likely N-dealkylation sites (tertiary alicyclic amines) is 1. The van der Waals surface area contributed by atoms with Crippen molar-refractivity contribution in [1.82, 2.24) is 26.2 Å². The van der Waals surface area contributed by atoms with Crippen LogP contribution in [0, 0.1) is 11.8 Å². The maximum atomic E-state index is 14.0. The Hall–Kier alpha value is -4.48. The van der Waals surface area contributed by atoms with E-state index in [1.807, 2.05) is 25.7 Å². The standard InChI is InChI=1S/C38H66N10O7/c1-5-24(4)32(36(53)46-30(37(54)55)20-23(2)3)47-34(51)29(21-25-13-15-27(49)16-14-25)45-35(52)31-12-9-19-48(31)22-26(10-6-7-17-39)44-33(50)28(40)11-8-18-43-38(41)42/h13-16,23-24,26,28-32,49H,5-12,17-22,39-40H2,1-4H3,(H,44,50)(H,45,52)(H,46,53)(H,47,51)(H,54,55)(H4,41,42,43)/t24-,26-,28-,29-,30-,31-,32-/m0/s1. The second-order valence-electron chi connectivity index (χ2n) is 15.0. The monoisotopic (exact) mass is 775 g/mol. The van der Waals surface area contributed by atoms with Crippen LogP contribution >= 0.6 is 0 Å². The van der Waals surface area contributed by atoms with Gasteiger partial charge in [-0.15, -0.1) is 0 Å². The second kappa shape index (κ2) is 24.1. The van der Waals surface area contributed by atoms with Gasteiger partial charge in [-0.2, -0.15) is 0 Å². The van der Waals surface area contributed by atoms with E-state index in [-0.39, 0.29) is 54.2 Å². The van der Waals surface area contributed by atoms with Crippen molar-refractivity contribution in [3.05, 3.63) is 29.8 Å². The molecule has 0 spiro atoms. The number of carboxylic acids is 1. The van der Waals surface area contributed by atoms with Crippen LogP contribution in [0.5, 0.6) is 5.75 Å². The van der Waals surface area contributed by atoms with Crippen LogP contribution in [0.2, 0.25) is 0 Å². The van der Waals surface area contributed by atoms with Crippen molar-refractivity contribution in [1.29, 1.82) is 0 Å². The number of carbonyl (C=O) groups is 5. The van der Waals surface area contributed by atoms with Crippen LogP contribution in [0.1, 0.15) is 91.0 Å². The quantitative estimate of drug-likeness (QED) is 0.0358. The van der Waals surface area contributed by atoms with Crippen LogP contribution in [-0.4, -0.2) is 113 Å². The number of aromatic hydroxyl groups is 1. The maximum Gasteiger partial charge on any atom is 0.326 e. The molecule has 1 aliphatic rings. The summed E-state index contributed by atoms with van der Waals surface area (Å²) in [6, 6.07) is 1.27. The van der Waals surface area contributed by atoms with Gasteiger partial charge in [0.05, 0.1) is 12.1 Å². The van der Waals surface area contributed by atoms with E-state index in [0.29, 0.717) is 63.8 Å². The first kappa shape index (κ1) is 46.7. The van der Waals surface area contributed by atoms with E-state index in [0.717, 1.165) is 19.3 Å². The van der Waals surface area contributed by atoms with Crippen LogP contribution < -0.4 is 44.2 Å². The molecule has 1 aliphatic heterocycles. The van der Waals surface area contributed by atoms with E-state index >= 15 is 0 Å². The van der Waals surface area contributed by atoms with Crippen LogP contribution in [0.25, 0.3) is 0 Å². The number of unbranched alkanes of at least 4 members (excludes halogenated alkanes) is 1. The third kappa shape index (κ3) is 16.8. The van der Waals surface area contributed by atoms with Crippen molar-refractivity contribution >= 4 is 35.6 Å². The van der Waals surface area contributed by atoms with Gasteiger partial charge in [0.25, 0.3) is 0 Å². The summed E-state index contributed by atoms with van der Waals surface area (Å²) >= 11 is 0. The molecular weight excluding hydrogens is 708 g/mol. The zero-order chi connectivity index (χ0) is 41.1. The van der Waals surface area contributed by atoms with Gasteiger partial charge in [0, 0.05) is 25.6 Å². The normalized spacial score (nSPS) is 17.6. The van der Waals surface area contributed by atoms with E-state index < -0.39 is 48.0 Å². The Morgan fingerprint density at radius 3 is 2.20 bits per heavy atom. The van der Waals surface area contributed by atoms with Gasteiger partial charge in [0.15, 0.2) is 5.96 Å². The predicted octanol–water partition coefficient (Wildman–Crippen LogP) is 0.0250. The van der Waals surface area contributed by atoms with Crippen LogP contribution in [0.3, 0.4) is 0 Å². The predicted molar refractivity (Wildman–Crippen MR) is 211 cm³/mol. The van der Waals surface area contributed by atoms with Gasteiger partial charge in [-0.1, -0.05) is 52.7 Å². The number of nitrogens with one attached hydrogen (secondary N) is 4. The van der Waals surface area contributed by atoms with Crippen LogP contribution in [-0.2, 0) is 30.4 Å². The summed E-state index contributed by atoms with van der Waals surface area (Å²) in [5.41, 5.74) is 23.4. The Kier molecular flexibility index (Phi) is 20.5. The fraction of sp³-hybridized carbons (Fsp3) is 0.684. The summed E-state index contributed by atoms with van der Waals surface area (Å²) in [5, 5.41) is 31.0. The van der Waals surface area contributed by atoms with E-state index in [1.165, 1.54) is 12.1 Å². The average molecular weight is 775 g/mol. The zero-order valence-corrected chi connectivity index (χ0v) is 33.0. The van der Waals surface area contributed by atoms with Gasteiger partial charge in [-0.05, 0) is 87.6 Å². The number of guanidine groups is 1. The Bertz CT molecular complexity index is 1410. The van der Waals surface area contributed by atoms with Gasteiger partial charge in [0.2, 0.25) is 23.6 Å². The van der Waals surface area contributed by atoms with E-state index in [2.05, 4.69) is 26.3 Å². The molecule has 4 amide bonds. The molecular formula is C38H66N10O7. The summed E-state index contributed by atoms with van der Waals surface area (Å²) in [6.45, 7) is 9.18. The van der Waals surface area contributed by atoms with Crippen LogP contribution in [0.4, 0.5) is 0 Å². The van der Waals surface area contributed by atoms with Gasteiger partial charge < -0.3 is 54.4 Å². The molecule has 2 rings (SSSR count). The third-order valence-electron chi connectivity index (χ3n) is 9.90. The second-order valence-corrected chi connectivity index (χ2v) is 15.0. The van der Waals surface area contributed by atoms with Crippen molar-refractivity contribution in [2.75, 3.05) is 26.2 Å². The molecule has 0 unspecified atom stereocenters. The molecule has 0 bridgehead atoms. The van der Waals surface area contributed by atoms with E-state index in [1.54, 1.807) is 19.1 Å². The summed E-state index contributed by atoms with van der Waals surface area (Å²) in [7, 11) is 0. The molecule has 1 aromatic rings. The van der Waals surface area contributed by atoms with Gasteiger partial charge in [0.1, 0.15) is 23.9 Å². The van der Waals surface area contributed by atoms with E-state index in [9.17, 15) is 34.2 Å². The number of nitrogens with two attached hydrogens (primary N) is 4. The number of rotatable bonds is 25. The van der Waals surface area contributed by atoms with Crippen molar-refractivity contribution in [2.24, 2.45) is 39.8 Å². The number of benzene rings is 1. The molecule has 14 N–H and O–H groups in total. The summed E-state index contributed by atoms with van der Waals surface area (Å²) in [5.74, 6) is -3.44. The minimum absolute atomic E-state index is 0.000967. The summed E-state index contributed by atoms with van der Waals surface area (Å²) in [4.78, 5) is 72.6. The minimum atomic E-state index is -1.17. The number of nitrogens with zero attached hydrogens (tertiary/aromatic N) is 2. The number of aliphatic carboxylic acids is 1. The number of aliphatic imine (C=N–C) groups is 1. The number of phenolic OH excluding ortho intramolecular Hbond substituents is 1. The molecule has 17 heteroatoms. The fourth-order valence-corrected chi connectivity index (χ4v) is 6.58. The van der Waals surface area contributed by atoms with Crippen molar-refractivity contribution in [3.63, 3.8) is 0 Å². The highest BCUT2D eigenvalue weighted by molar-refractivity contribution is 5.94. The SMILES string of the molecule is CC[C@H](C)[C@H](NC(=O)[C@H](Cc1ccc(O)cc1)NC(=O)[C@@H]1CCCN1C[C@H](CCCCN)NC(=O)[C@@H](N)CCCN=C(N)N)C(=O)N[C@@H](CC(C)C)C(=O)O. The summed E-state index contributed by atoms with van der Waals surface area (Å²) < 4.78 is 0. The van der Waals surface area contributed by atoms with Crippen LogP contribution in [0.15, 0.2) is 29.3 Å². The first-order valence-corrected chi connectivity index (χ1v) is 19.5. The minimum Gasteiger partial charge on any atom is -0.508 e. The molecule has 55 heavy (non-hydrogen) atoms. The first-order chi connectivity index (χ1) is 26.1. The molecule has 7 atom stereocenters. The molecule has 0 aromatic heterocycles. The Balaban J connectivity index is 2.27. The highest BCUT2D eigenvalue weighted by Gasteiger charge is 2.37. The lowest BCUT2D eigenvalue weighted by Gasteiger charge is -2.31. The van der Waals surface area contributed by atoms with E-state index in [4.69, 9.17) is 22.9 Å². The topological polar surface area (TPSA) is 294 Å². The Morgan fingerprint density at radius 2 is 1.60 bits per heavy atom. The van der Waals surface area contributed by atoms with Gasteiger partial charge >= 0.3 is 5.97 Å². The molecule has 0 saturated carbocycles. The Labute approximate surface area is 325 Å². The number of hydrogen-bond acceptors (Lipinski definition) is 10. The number of phenols is 1. The number of carbonyl (C=O) groups excluding carboxylic acids is 4. The zero-order valence-electron chi connectivity index (χ0n) is 33.0. The van der Waals surface area contributed by atoms with Crippen molar-refractivity contribution in [2.45, 2.75) is 128 Å². The average Bonchev–Trinajstić information content (AvgIpc) is 3.60. The Morgan fingerprint density at radius 1 is 0.909 bits per heavy atom. The van der Waals surface area contributed by atoms with Gasteiger partial charge in [-0.3, -0.25) is 29.1 Å². The first-order valence-electron chi connectivity index (χ1n) is 19.5. The fourth-order valence-electron chi connectivity index (χ4n) is 6.58. The summed E-state index contributed by atoms with van der Waals surface area (Å²) in [6.07, 6.45) is 5.09. The smallest absolute Gasteiger partial charge is 0.326 e. The molecule has 1 aromatic carbocycles. The lowest BCUT2D eigenvalue weighted by atomic mass is 9.96. The highest BCUT2D eigenvalue weighted by atomic mass is 16.4. The lowest BCUT2D eigenvalue weighted by molar-refractivity contribution is -0.143. The van der Waals surface area contributed by atoms with Crippen molar-refractivity contribution in [3.8, 4) is 5.75 Å². The molecule has 1 heterocycles. The molecule has 0 radical (unpaired) electrons. The number of amides is 4. The lowest BCUT2D eigenvalue weighted by Crippen LogP contribution is -2.59. The molecule has 1 fully saturated rings. The number of hydrogen-bond donors (Lipinski definition) is 10. The third-order valence-corrected chi connectivity index (χ3v) is 9.90. The van der Waals surface area contributed by atoms with Crippen molar-refractivity contribution < 1.29 is 34.2 Å². The maximum absolute atomic E-state index is 14.0. The molecule has 310 valence electrons. The molecule has 0 aliphatic carbocycles.